The van der Waals surface area contributed by atoms with E-state index in [0.29, 0.717) is 0 Å². The second-order valence-electron chi connectivity index (χ2n) is 5.84. The minimum Gasteiger partial charge on any atom is -0.378 e. The van der Waals surface area contributed by atoms with Gasteiger partial charge in [0.05, 0.1) is 11.7 Å². The first-order chi connectivity index (χ1) is 10.2. The summed E-state index contributed by atoms with van der Waals surface area (Å²) >= 11 is 1.89. The fourth-order valence-corrected chi connectivity index (χ4v) is 4.19. The molecule has 3 nitrogen and oxygen atoms in total. The maximum atomic E-state index is 4.90. The molecule has 1 unspecified atom stereocenters. The van der Waals surface area contributed by atoms with Crippen LogP contribution in [-0.2, 0) is 12.8 Å². The minimum absolute atomic E-state index is 0.205. The number of benzene rings is 1. The van der Waals surface area contributed by atoms with Crippen molar-refractivity contribution in [2.45, 2.75) is 31.7 Å². The average molecular weight is 301 g/mol. The lowest BCUT2D eigenvalue weighted by molar-refractivity contribution is 0.661. The predicted octanol–water partition coefficient (Wildman–Crippen LogP) is 3.40. The Kier molecular flexibility index (Phi) is 4.27. The van der Waals surface area contributed by atoms with Gasteiger partial charge in [-0.15, -0.1) is 11.3 Å². The topological polar surface area (TPSA) is 28.2 Å². The second kappa shape index (κ2) is 6.16. The van der Waals surface area contributed by atoms with E-state index in [4.69, 9.17) is 4.98 Å². The summed E-state index contributed by atoms with van der Waals surface area (Å²) in [5, 5.41) is 4.64. The second-order valence-corrected chi connectivity index (χ2v) is 6.95. The summed E-state index contributed by atoms with van der Waals surface area (Å²) in [4.78, 5) is 8.53. The van der Waals surface area contributed by atoms with Crippen LogP contribution in [0.3, 0.4) is 0 Å². The molecule has 0 bridgehead atoms. The van der Waals surface area contributed by atoms with E-state index < -0.39 is 0 Å². The first kappa shape index (κ1) is 14.5. The molecule has 3 rings (SSSR count). The van der Waals surface area contributed by atoms with Gasteiger partial charge >= 0.3 is 0 Å². The minimum atomic E-state index is 0.205. The zero-order valence-corrected chi connectivity index (χ0v) is 13.8. The third-order valence-electron chi connectivity index (χ3n) is 4.14. The Morgan fingerprint density at radius 1 is 1.14 bits per heavy atom. The van der Waals surface area contributed by atoms with Crippen LogP contribution in [0, 0.1) is 0 Å². The number of hydrogen-bond acceptors (Lipinski definition) is 4. The van der Waals surface area contributed by atoms with Crippen LogP contribution >= 0.6 is 11.3 Å². The molecule has 1 atom stereocenters. The number of nitrogens with zero attached hydrogens (tertiary/aromatic N) is 2. The molecule has 21 heavy (non-hydrogen) atoms. The molecular formula is C17H23N3S. The highest BCUT2D eigenvalue weighted by Crippen LogP contribution is 2.32. The number of thiazole rings is 1. The molecule has 0 radical (unpaired) electrons. The van der Waals surface area contributed by atoms with Gasteiger partial charge in [-0.2, -0.15) is 0 Å². The third-order valence-corrected chi connectivity index (χ3v) is 5.36. The molecule has 1 aromatic carbocycles. The predicted molar refractivity (Wildman–Crippen MR) is 90.4 cm³/mol. The highest BCUT2D eigenvalue weighted by molar-refractivity contribution is 7.11. The van der Waals surface area contributed by atoms with E-state index in [2.05, 4.69) is 48.6 Å². The molecule has 1 aliphatic carbocycles. The number of fused-ring (bicyclic) bond motifs is 1. The lowest BCUT2D eigenvalue weighted by atomic mass is 10.0. The largest absolute Gasteiger partial charge is 0.378 e. The van der Waals surface area contributed by atoms with Crippen LogP contribution in [0.5, 0.6) is 0 Å². The lowest BCUT2D eigenvalue weighted by Crippen LogP contribution is -2.18. The van der Waals surface area contributed by atoms with Crippen LogP contribution in [-0.4, -0.2) is 26.1 Å². The molecule has 1 heterocycles. The Bertz CT molecular complexity index is 577. The van der Waals surface area contributed by atoms with Crippen molar-refractivity contribution in [2.75, 3.05) is 26.0 Å². The number of rotatable bonds is 4. The standard InChI is InChI=1S/C17H23N3S/c1-18-16(12-8-10-13(11-9-12)20(2)3)17-19-14-6-4-5-7-15(14)21-17/h8-11,16,18H,4-7H2,1-3H3. The van der Waals surface area contributed by atoms with Crippen molar-refractivity contribution in [3.8, 4) is 0 Å². The van der Waals surface area contributed by atoms with Crippen LogP contribution < -0.4 is 10.2 Å². The summed E-state index contributed by atoms with van der Waals surface area (Å²) in [6.07, 6.45) is 4.97. The summed E-state index contributed by atoms with van der Waals surface area (Å²) in [5.41, 5.74) is 3.85. The Morgan fingerprint density at radius 3 is 2.48 bits per heavy atom. The molecule has 0 fully saturated rings. The van der Waals surface area contributed by atoms with Gasteiger partial charge < -0.3 is 10.2 Å². The Morgan fingerprint density at radius 2 is 1.86 bits per heavy atom. The monoisotopic (exact) mass is 301 g/mol. The van der Waals surface area contributed by atoms with Gasteiger partial charge in [0.2, 0.25) is 0 Å². The number of hydrogen-bond donors (Lipinski definition) is 1. The maximum absolute atomic E-state index is 4.90. The summed E-state index contributed by atoms with van der Waals surface area (Å²) in [5.74, 6) is 0. The van der Waals surface area contributed by atoms with Gasteiger partial charge in [0.1, 0.15) is 5.01 Å². The summed E-state index contributed by atoms with van der Waals surface area (Å²) < 4.78 is 0. The molecule has 0 saturated heterocycles. The molecule has 0 amide bonds. The van der Waals surface area contributed by atoms with E-state index in [-0.39, 0.29) is 6.04 Å². The molecule has 1 N–H and O–H groups in total. The first-order valence-corrected chi connectivity index (χ1v) is 8.43. The van der Waals surface area contributed by atoms with E-state index in [1.165, 1.54) is 46.1 Å². The van der Waals surface area contributed by atoms with Crippen LogP contribution in [0.1, 0.15) is 40.0 Å². The zero-order valence-electron chi connectivity index (χ0n) is 13.0. The summed E-state index contributed by atoms with van der Waals surface area (Å²) in [7, 11) is 6.16. The van der Waals surface area contributed by atoms with Crippen molar-refractivity contribution in [2.24, 2.45) is 0 Å². The zero-order chi connectivity index (χ0) is 14.8. The lowest BCUT2D eigenvalue weighted by Gasteiger charge is -2.17. The molecule has 2 aromatic rings. The molecular weight excluding hydrogens is 278 g/mol. The van der Waals surface area contributed by atoms with E-state index in [9.17, 15) is 0 Å². The van der Waals surface area contributed by atoms with Gasteiger partial charge in [0, 0.05) is 24.7 Å². The van der Waals surface area contributed by atoms with Crippen molar-refractivity contribution >= 4 is 17.0 Å². The van der Waals surface area contributed by atoms with Crippen LogP contribution in [0.15, 0.2) is 24.3 Å². The van der Waals surface area contributed by atoms with Gasteiger partial charge in [-0.1, -0.05) is 12.1 Å². The average Bonchev–Trinajstić information content (AvgIpc) is 2.92. The highest BCUT2D eigenvalue weighted by atomic mass is 32.1. The Labute approximate surface area is 131 Å². The summed E-state index contributed by atoms with van der Waals surface area (Å²) in [6.45, 7) is 0. The van der Waals surface area contributed by atoms with Crippen molar-refractivity contribution in [3.63, 3.8) is 0 Å². The first-order valence-electron chi connectivity index (χ1n) is 7.62. The van der Waals surface area contributed by atoms with Gasteiger partial charge in [0.25, 0.3) is 0 Å². The summed E-state index contributed by atoms with van der Waals surface area (Å²) in [6, 6.07) is 8.96. The van der Waals surface area contributed by atoms with Crippen molar-refractivity contribution in [3.05, 3.63) is 45.4 Å². The Hall–Kier alpha value is -1.39. The van der Waals surface area contributed by atoms with E-state index in [0.717, 1.165) is 6.42 Å². The third kappa shape index (κ3) is 2.97. The molecule has 1 aromatic heterocycles. The molecule has 1 aliphatic rings. The van der Waals surface area contributed by atoms with Gasteiger partial charge in [0.15, 0.2) is 0 Å². The molecule has 112 valence electrons. The quantitative estimate of drug-likeness (QED) is 0.938. The number of aryl methyl sites for hydroxylation is 2. The van der Waals surface area contributed by atoms with E-state index >= 15 is 0 Å². The number of nitrogens with one attached hydrogen (secondary N) is 1. The normalized spacial score (nSPS) is 15.6. The molecule has 0 aliphatic heterocycles. The highest BCUT2D eigenvalue weighted by Gasteiger charge is 2.21. The van der Waals surface area contributed by atoms with Crippen LogP contribution in [0.4, 0.5) is 5.69 Å². The number of anilines is 1. The fourth-order valence-electron chi connectivity index (χ4n) is 2.89. The van der Waals surface area contributed by atoms with Gasteiger partial charge in [-0.25, -0.2) is 4.98 Å². The van der Waals surface area contributed by atoms with Crippen molar-refractivity contribution < 1.29 is 0 Å². The van der Waals surface area contributed by atoms with E-state index in [1.54, 1.807) is 0 Å². The smallest absolute Gasteiger partial charge is 0.115 e. The fraction of sp³-hybridized carbons (Fsp3) is 0.471. The molecule has 0 spiro atoms. The van der Waals surface area contributed by atoms with Crippen LogP contribution in [0.25, 0.3) is 0 Å². The van der Waals surface area contributed by atoms with Gasteiger partial charge in [-0.3, -0.25) is 0 Å². The van der Waals surface area contributed by atoms with Crippen molar-refractivity contribution in [1.82, 2.24) is 10.3 Å². The van der Waals surface area contributed by atoms with Crippen LogP contribution in [0.2, 0.25) is 0 Å². The van der Waals surface area contributed by atoms with Gasteiger partial charge in [-0.05, 0) is 50.4 Å². The maximum Gasteiger partial charge on any atom is 0.115 e. The SMILES string of the molecule is CNC(c1ccc(N(C)C)cc1)c1nc2c(s1)CCCC2. The van der Waals surface area contributed by atoms with E-state index in [1.807, 2.05) is 18.4 Å². The Balaban J connectivity index is 1.88. The molecule has 0 saturated carbocycles. The van der Waals surface area contributed by atoms with Crippen molar-refractivity contribution in [1.29, 1.82) is 0 Å². The molecule has 4 heteroatoms. The number of aromatic nitrogens is 1.